The van der Waals surface area contributed by atoms with Crippen LogP contribution < -0.4 is 10.0 Å². The summed E-state index contributed by atoms with van der Waals surface area (Å²) in [5, 5.41) is 12.9. The molecule has 0 amide bonds. The number of fused-ring (bicyclic) bond motifs is 1. The maximum atomic E-state index is 11.8. The van der Waals surface area contributed by atoms with Gasteiger partial charge in [-0.3, -0.25) is 9.89 Å². The van der Waals surface area contributed by atoms with Gasteiger partial charge >= 0.3 is 0 Å². The average Bonchev–Trinajstić information content (AvgIpc) is 3.15. The van der Waals surface area contributed by atoms with Crippen molar-refractivity contribution in [1.29, 1.82) is 0 Å². The number of nitrogens with one attached hydrogen (secondary N) is 3. The largest absolute Gasteiger partial charge is 0.338 e. The van der Waals surface area contributed by atoms with Crippen molar-refractivity contribution in [2.45, 2.75) is 6.92 Å². The average molecular weight is 388 g/mol. The maximum Gasteiger partial charge on any atom is 0.163 e. The summed E-state index contributed by atoms with van der Waals surface area (Å²) in [6.07, 6.45) is 0.835. The number of carbonyl (C=O) groups is 1. The summed E-state index contributed by atoms with van der Waals surface area (Å²) in [5.41, 5.74) is 4.03. The first kappa shape index (κ1) is 18.1. The first-order chi connectivity index (χ1) is 13.8. The standard InChI is InChI=1S/C22H20N4OS/c1-2-28-26-18-10-8-16(9-11-18)21-20(14-27)22(25-24-21)23-19-12-7-15-5-3-4-6-17(15)13-19/h3-14,26H,2H2,1H3,(H2,23,24,25). The minimum absolute atomic E-state index is 0.511. The second kappa shape index (κ2) is 8.19. The van der Waals surface area contributed by atoms with Crippen molar-refractivity contribution in [2.75, 3.05) is 15.8 Å². The molecule has 0 saturated heterocycles. The molecule has 0 unspecified atom stereocenters. The van der Waals surface area contributed by atoms with Crippen LogP contribution in [0.3, 0.4) is 0 Å². The van der Waals surface area contributed by atoms with Crippen molar-refractivity contribution in [2.24, 2.45) is 0 Å². The van der Waals surface area contributed by atoms with E-state index in [2.05, 4.69) is 39.3 Å². The Morgan fingerprint density at radius 2 is 1.75 bits per heavy atom. The maximum absolute atomic E-state index is 11.8. The first-order valence-corrected chi connectivity index (χ1v) is 10.0. The highest BCUT2D eigenvalue weighted by molar-refractivity contribution is 8.00. The first-order valence-electron chi connectivity index (χ1n) is 9.06. The molecule has 6 heteroatoms. The molecular formula is C22H20N4OS. The van der Waals surface area contributed by atoms with Crippen molar-refractivity contribution in [3.8, 4) is 11.3 Å². The predicted octanol–water partition coefficient (Wildman–Crippen LogP) is 5.87. The van der Waals surface area contributed by atoms with E-state index in [-0.39, 0.29) is 0 Å². The zero-order chi connectivity index (χ0) is 19.3. The van der Waals surface area contributed by atoms with Crippen LogP contribution in [0.5, 0.6) is 0 Å². The molecule has 3 aromatic carbocycles. The van der Waals surface area contributed by atoms with Crippen LogP contribution in [-0.2, 0) is 0 Å². The summed E-state index contributed by atoms with van der Waals surface area (Å²) < 4.78 is 3.26. The summed E-state index contributed by atoms with van der Waals surface area (Å²) in [5.74, 6) is 1.51. The van der Waals surface area contributed by atoms with E-state index >= 15 is 0 Å². The van der Waals surface area contributed by atoms with E-state index in [0.717, 1.165) is 34.4 Å². The van der Waals surface area contributed by atoms with E-state index < -0.39 is 0 Å². The Kier molecular flexibility index (Phi) is 5.30. The third kappa shape index (κ3) is 3.73. The van der Waals surface area contributed by atoms with Gasteiger partial charge in [0.25, 0.3) is 0 Å². The Labute approximate surface area is 167 Å². The second-order valence-electron chi connectivity index (χ2n) is 6.28. The van der Waals surface area contributed by atoms with Gasteiger partial charge in [0.2, 0.25) is 0 Å². The van der Waals surface area contributed by atoms with Crippen LogP contribution >= 0.6 is 11.9 Å². The molecule has 0 fully saturated rings. The van der Waals surface area contributed by atoms with Crippen molar-refractivity contribution in [1.82, 2.24) is 10.2 Å². The topological polar surface area (TPSA) is 69.8 Å². The number of aldehydes is 1. The number of hydrogen-bond acceptors (Lipinski definition) is 5. The van der Waals surface area contributed by atoms with E-state index in [9.17, 15) is 4.79 Å². The molecule has 4 aromatic rings. The van der Waals surface area contributed by atoms with Gasteiger partial charge in [0, 0.05) is 22.7 Å². The molecule has 0 aliphatic heterocycles. The van der Waals surface area contributed by atoms with E-state index in [0.29, 0.717) is 17.1 Å². The van der Waals surface area contributed by atoms with E-state index in [1.807, 2.05) is 54.6 Å². The van der Waals surface area contributed by atoms with Crippen LogP contribution in [0.25, 0.3) is 22.0 Å². The highest BCUT2D eigenvalue weighted by Gasteiger charge is 2.14. The number of rotatable bonds is 7. The molecule has 0 spiro atoms. The van der Waals surface area contributed by atoms with E-state index in [1.54, 1.807) is 11.9 Å². The molecule has 0 atom stereocenters. The van der Waals surface area contributed by atoms with E-state index in [1.165, 1.54) is 5.39 Å². The molecule has 1 heterocycles. The van der Waals surface area contributed by atoms with Crippen LogP contribution in [0.15, 0.2) is 66.7 Å². The Bertz CT molecular complexity index is 1110. The van der Waals surface area contributed by atoms with Gasteiger partial charge in [-0.1, -0.05) is 61.3 Å². The number of H-pyrrole nitrogens is 1. The summed E-state index contributed by atoms with van der Waals surface area (Å²) >= 11 is 1.64. The lowest BCUT2D eigenvalue weighted by Gasteiger charge is -2.07. The lowest BCUT2D eigenvalue weighted by atomic mass is 10.1. The van der Waals surface area contributed by atoms with Gasteiger partial charge in [-0.25, -0.2) is 0 Å². The van der Waals surface area contributed by atoms with Gasteiger partial charge in [-0.05, 0) is 35.0 Å². The van der Waals surface area contributed by atoms with Gasteiger partial charge in [-0.15, -0.1) is 0 Å². The molecule has 0 saturated carbocycles. The normalized spacial score (nSPS) is 10.8. The highest BCUT2D eigenvalue weighted by atomic mass is 32.2. The van der Waals surface area contributed by atoms with Gasteiger partial charge in [0.05, 0.1) is 11.3 Å². The molecule has 0 radical (unpaired) electrons. The Balaban J connectivity index is 1.60. The molecular weight excluding hydrogens is 368 g/mol. The van der Waals surface area contributed by atoms with Crippen molar-refractivity contribution in [3.05, 3.63) is 72.3 Å². The molecule has 140 valence electrons. The molecule has 28 heavy (non-hydrogen) atoms. The molecule has 1 aromatic heterocycles. The van der Waals surface area contributed by atoms with Gasteiger partial charge in [-0.2, -0.15) is 5.10 Å². The van der Waals surface area contributed by atoms with Gasteiger partial charge in [0.15, 0.2) is 12.1 Å². The predicted molar refractivity (Wildman–Crippen MR) is 118 cm³/mol. The lowest BCUT2D eigenvalue weighted by molar-refractivity contribution is 0.112. The Morgan fingerprint density at radius 1 is 1.00 bits per heavy atom. The molecule has 4 rings (SSSR count). The number of anilines is 3. The number of nitrogens with zero attached hydrogens (tertiary/aromatic N) is 1. The van der Waals surface area contributed by atoms with Gasteiger partial charge in [0.1, 0.15) is 0 Å². The molecule has 0 aliphatic rings. The number of aromatic nitrogens is 2. The van der Waals surface area contributed by atoms with Crippen LogP contribution in [0.4, 0.5) is 17.2 Å². The van der Waals surface area contributed by atoms with Crippen molar-refractivity contribution in [3.63, 3.8) is 0 Å². The second-order valence-corrected chi connectivity index (χ2v) is 7.35. The number of benzene rings is 3. The molecule has 5 nitrogen and oxygen atoms in total. The van der Waals surface area contributed by atoms with Crippen LogP contribution in [0.2, 0.25) is 0 Å². The SMILES string of the molecule is CCSNc1ccc(-c2[nH]nc(Nc3ccc4ccccc4c3)c2C=O)cc1. The summed E-state index contributed by atoms with van der Waals surface area (Å²) in [6.45, 7) is 2.09. The lowest BCUT2D eigenvalue weighted by Crippen LogP contribution is -1.95. The zero-order valence-electron chi connectivity index (χ0n) is 15.4. The minimum atomic E-state index is 0.511. The molecule has 0 bridgehead atoms. The Morgan fingerprint density at radius 3 is 2.50 bits per heavy atom. The van der Waals surface area contributed by atoms with Crippen LogP contribution in [0.1, 0.15) is 17.3 Å². The highest BCUT2D eigenvalue weighted by Crippen LogP contribution is 2.29. The monoisotopic (exact) mass is 388 g/mol. The molecule has 3 N–H and O–H groups in total. The fraction of sp³-hybridized carbons (Fsp3) is 0.0909. The van der Waals surface area contributed by atoms with Crippen LogP contribution in [-0.4, -0.2) is 22.2 Å². The third-order valence-electron chi connectivity index (χ3n) is 4.44. The number of carbonyl (C=O) groups excluding carboxylic acids is 1. The number of hydrogen-bond donors (Lipinski definition) is 3. The zero-order valence-corrected chi connectivity index (χ0v) is 16.2. The van der Waals surface area contributed by atoms with Gasteiger partial charge < -0.3 is 10.0 Å². The summed E-state index contributed by atoms with van der Waals surface area (Å²) in [6, 6.07) is 22.1. The summed E-state index contributed by atoms with van der Waals surface area (Å²) in [7, 11) is 0. The quantitative estimate of drug-likeness (QED) is 0.273. The minimum Gasteiger partial charge on any atom is -0.338 e. The Hall–Kier alpha value is -3.25. The van der Waals surface area contributed by atoms with Crippen molar-refractivity contribution >= 4 is 46.2 Å². The van der Waals surface area contributed by atoms with E-state index in [4.69, 9.17) is 0 Å². The van der Waals surface area contributed by atoms with Crippen molar-refractivity contribution < 1.29 is 4.79 Å². The third-order valence-corrected chi connectivity index (χ3v) is 5.11. The fourth-order valence-corrected chi connectivity index (χ4v) is 3.49. The fourth-order valence-electron chi connectivity index (χ4n) is 3.04. The van der Waals surface area contributed by atoms with Crippen LogP contribution in [0, 0.1) is 0 Å². The smallest absolute Gasteiger partial charge is 0.163 e. The summed E-state index contributed by atoms with van der Waals surface area (Å²) in [4.78, 5) is 11.8. The molecule has 0 aliphatic carbocycles. The number of aromatic amines is 1.